The molecule has 0 unspecified atom stereocenters. The summed E-state index contributed by atoms with van der Waals surface area (Å²) in [7, 11) is 1.40. The van der Waals surface area contributed by atoms with Crippen molar-refractivity contribution in [2.24, 2.45) is 0 Å². The van der Waals surface area contributed by atoms with Gasteiger partial charge in [-0.3, -0.25) is 0 Å². The minimum absolute atomic E-state index is 0. The molecule has 0 aromatic carbocycles. The molecule has 1 radical (unpaired) electrons. The summed E-state index contributed by atoms with van der Waals surface area (Å²) in [5.41, 5.74) is 2.93. The molecule has 0 N–H and O–H groups in total. The van der Waals surface area contributed by atoms with Gasteiger partial charge in [-0.25, -0.2) is 8.19 Å². The largest absolute Gasteiger partial charge is 1.00 e. The van der Waals surface area contributed by atoms with Crippen LogP contribution in [0.4, 0.5) is 0 Å². The van der Waals surface area contributed by atoms with Crippen LogP contribution in [0.5, 0.6) is 0 Å². The molecule has 2 heteroatoms. The Bertz CT molecular complexity index is 176. The van der Waals surface area contributed by atoms with Gasteiger partial charge < -0.3 is 1.43 Å². The van der Waals surface area contributed by atoms with Crippen LogP contribution in [0.2, 0.25) is 0 Å². The van der Waals surface area contributed by atoms with Gasteiger partial charge in [0.05, 0.1) is 0 Å². The van der Waals surface area contributed by atoms with E-state index in [2.05, 4.69) is 26.6 Å². The summed E-state index contributed by atoms with van der Waals surface area (Å²) in [6.07, 6.45) is 0. The molecule has 0 amide bonds. The molecule has 0 aliphatic rings. The second-order valence-electron chi connectivity index (χ2n) is 2.15. The molecule has 1 rings (SSSR count). The first-order valence-corrected chi connectivity index (χ1v) is 3.73. The minimum atomic E-state index is 0. The van der Waals surface area contributed by atoms with Crippen LogP contribution in [0.25, 0.3) is 0 Å². The van der Waals surface area contributed by atoms with Gasteiger partial charge >= 0.3 is 0 Å². The van der Waals surface area contributed by atoms with E-state index in [0.717, 1.165) is 0 Å². The zero-order valence-electron chi connectivity index (χ0n) is 7.10. The Balaban J connectivity index is 0. The Morgan fingerprint density at radius 2 is 2.11 bits per heavy atom. The van der Waals surface area contributed by atoms with Crippen molar-refractivity contribution in [2.45, 2.75) is 20.8 Å². The quantitative estimate of drug-likeness (QED) is 0.526. The average molecular weight is 171 g/mol. The van der Waals surface area contributed by atoms with Crippen LogP contribution in [0.15, 0.2) is 5.80 Å². The normalized spacial score (nSPS) is 9.67. The first kappa shape index (κ1) is 9.65. The Morgan fingerprint density at radius 3 is 2.22 bits per heavy atom. The first-order chi connectivity index (χ1) is 3.72. The Hall–Kier alpha value is 0.650. The number of hydrogen-bond donors (Lipinski definition) is 0. The number of rotatable bonds is 0. The molecule has 0 aliphatic heterocycles. The smallest absolute Gasteiger partial charge is 0 e. The fourth-order valence-electron chi connectivity index (χ4n) is 0.673. The van der Waals surface area contributed by atoms with Crippen molar-refractivity contribution in [3.63, 3.8) is 0 Å². The second kappa shape index (κ2) is 3.73. The summed E-state index contributed by atoms with van der Waals surface area (Å²) < 4.78 is 0. The van der Waals surface area contributed by atoms with E-state index in [9.17, 15) is 0 Å². The maximum atomic E-state index is 2.25. The first-order valence-electron chi connectivity index (χ1n) is 2.77. The van der Waals surface area contributed by atoms with Gasteiger partial charge in [-0.15, -0.1) is 5.30 Å². The molecule has 0 aliphatic carbocycles. The van der Waals surface area contributed by atoms with E-state index in [-0.39, 0.29) is 27.3 Å². The zero-order chi connectivity index (χ0) is 6.15. The fourth-order valence-corrected chi connectivity index (χ4v) is 1.62. The maximum Gasteiger partial charge on any atom is 0 e. The van der Waals surface area contributed by atoms with Gasteiger partial charge in [0.25, 0.3) is 0 Å². The molecule has 0 atom stereocenters. The van der Waals surface area contributed by atoms with Gasteiger partial charge in [-0.2, -0.15) is 16.9 Å². The van der Waals surface area contributed by atoms with Crippen LogP contribution in [0, 0.1) is 20.8 Å². The molecule has 0 saturated heterocycles. The molecule has 0 fully saturated rings. The topological polar surface area (TPSA) is 0 Å². The third-order valence-corrected chi connectivity index (χ3v) is 2.83. The SMILES string of the molecule is Cc1cp[c-](C)c1C.[H-].[Sc]. The zero-order valence-corrected chi connectivity index (χ0v) is 8.80. The molecule has 0 saturated carbocycles. The van der Waals surface area contributed by atoms with E-state index in [1.807, 2.05) is 0 Å². The Kier molecular flexibility index (Phi) is 4.00. The van der Waals surface area contributed by atoms with Crippen LogP contribution < -0.4 is 0 Å². The van der Waals surface area contributed by atoms with Crippen molar-refractivity contribution < 1.29 is 27.3 Å². The summed E-state index contributed by atoms with van der Waals surface area (Å²) in [4.78, 5) is 0. The molecule has 49 valence electrons. The van der Waals surface area contributed by atoms with E-state index in [1.165, 1.54) is 24.6 Å². The van der Waals surface area contributed by atoms with Crippen LogP contribution in [-0.2, 0) is 25.8 Å². The van der Waals surface area contributed by atoms with Crippen molar-refractivity contribution in [3.05, 3.63) is 22.2 Å². The van der Waals surface area contributed by atoms with Gasteiger partial charge in [0.1, 0.15) is 0 Å². The van der Waals surface area contributed by atoms with Crippen molar-refractivity contribution >= 4 is 8.19 Å². The predicted molar refractivity (Wildman–Crippen MR) is 39.9 cm³/mol. The Labute approximate surface area is 78.4 Å². The maximum absolute atomic E-state index is 2.25. The van der Waals surface area contributed by atoms with Gasteiger partial charge in [0.15, 0.2) is 0 Å². The summed E-state index contributed by atoms with van der Waals surface area (Å²) >= 11 is 0. The minimum Gasteiger partial charge on any atom is -1.00 e. The molecular weight excluding hydrogens is 160 g/mol. The molecule has 9 heavy (non-hydrogen) atoms. The summed E-state index contributed by atoms with van der Waals surface area (Å²) in [6, 6.07) is 0. The molecule has 1 aromatic rings. The second-order valence-corrected chi connectivity index (χ2v) is 3.34. The summed E-state index contributed by atoms with van der Waals surface area (Å²) in [5.74, 6) is 2.25. The van der Waals surface area contributed by atoms with Gasteiger partial charge in [0, 0.05) is 25.8 Å². The third kappa shape index (κ3) is 2.05. The van der Waals surface area contributed by atoms with E-state index >= 15 is 0 Å². The monoisotopic (exact) mass is 171 g/mol. The van der Waals surface area contributed by atoms with E-state index in [0.29, 0.717) is 0 Å². The van der Waals surface area contributed by atoms with Gasteiger partial charge in [-0.1, -0.05) is 20.8 Å². The van der Waals surface area contributed by atoms with E-state index in [4.69, 9.17) is 0 Å². The van der Waals surface area contributed by atoms with Crippen LogP contribution in [-0.4, -0.2) is 0 Å². The summed E-state index contributed by atoms with van der Waals surface area (Å²) in [6.45, 7) is 6.53. The average Bonchev–Trinajstić information content (AvgIpc) is 1.98. The van der Waals surface area contributed by atoms with Crippen LogP contribution in [0.1, 0.15) is 17.8 Å². The third-order valence-electron chi connectivity index (χ3n) is 1.59. The van der Waals surface area contributed by atoms with Crippen molar-refractivity contribution in [3.8, 4) is 0 Å². The predicted octanol–water partition coefficient (Wildman–Crippen LogP) is 3.02. The molecule has 1 heterocycles. The fraction of sp³-hybridized carbons (Fsp3) is 0.429. The van der Waals surface area contributed by atoms with E-state index < -0.39 is 0 Å². The van der Waals surface area contributed by atoms with Gasteiger partial charge in [-0.05, 0) is 0 Å². The van der Waals surface area contributed by atoms with Crippen molar-refractivity contribution in [1.29, 1.82) is 0 Å². The molecule has 0 bridgehead atoms. The van der Waals surface area contributed by atoms with Gasteiger partial charge in [0.2, 0.25) is 0 Å². The van der Waals surface area contributed by atoms with Crippen LogP contribution >= 0.6 is 8.19 Å². The van der Waals surface area contributed by atoms with Crippen molar-refractivity contribution in [2.75, 3.05) is 0 Å². The summed E-state index contributed by atoms with van der Waals surface area (Å²) in [5, 5.41) is 1.50. The molecule has 0 nitrogen and oxygen atoms in total. The molecular formula is C7H11PSc-2. The standard InChI is InChI=1S/C7H10P.Sc.H/c1-5-4-8-7(3)6(5)2;;/h4H,1-3H3;;/q-1;;-1. The van der Waals surface area contributed by atoms with Crippen LogP contribution in [0.3, 0.4) is 0 Å². The molecule has 1 aromatic heterocycles. The number of hydrogen-bond acceptors (Lipinski definition) is 0. The molecule has 0 spiro atoms. The number of aryl methyl sites for hydroxylation is 2. The Morgan fingerprint density at radius 1 is 1.56 bits per heavy atom. The van der Waals surface area contributed by atoms with E-state index in [1.54, 1.807) is 0 Å². The van der Waals surface area contributed by atoms with Crippen molar-refractivity contribution in [1.82, 2.24) is 0 Å².